The van der Waals surface area contributed by atoms with Gasteiger partial charge < -0.3 is 9.84 Å². The number of aliphatic hydroxyl groups excluding tert-OH is 1. The summed E-state index contributed by atoms with van der Waals surface area (Å²) >= 11 is 0. The number of aliphatic hydroxyl groups is 1. The summed E-state index contributed by atoms with van der Waals surface area (Å²) < 4.78 is 42.7. The Hall–Kier alpha value is -1.07. The third kappa shape index (κ3) is 3.94. The smallest absolute Gasteiger partial charge is 0.388 e. The van der Waals surface area contributed by atoms with E-state index in [1.54, 1.807) is 0 Å². The molecule has 0 radical (unpaired) electrons. The van der Waals surface area contributed by atoms with E-state index in [1.165, 1.54) is 12.1 Å². The Kier molecular flexibility index (Phi) is 4.47. The lowest BCUT2D eigenvalue weighted by Crippen LogP contribution is -2.21. The second-order valence-corrected chi connectivity index (χ2v) is 4.86. The second kappa shape index (κ2) is 5.92. The maximum absolute atomic E-state index is 12.4. The minimum Gasteiger partial charge on any atom is -0.388 e. The van der Waals surface area contributed by atoms with Crippen molar-refractivity contribution in [3.05, 3.63) is 35.4 Å². The van der Waals surface area contributed by atoms with E-state index >= 15 is 0 Å². The van der Waals surface area contributed by atoms with Crippen molar-refractivity contribution < 1.29 is 23.0 Å². The molecule has 1 fully saturated rings. The van der Waals surface area contributed by atoms with Crippen LogP contribution in [0.2, 0.25) is 0 Å². The van der Waals surface area contributed by atoms with Crippen LogP contribution in [0.5, 0.6) is 0 Å². The van der Waals surface area contributed by atoms with Gasteiger partial charge in [0.25, 0.3) is 0 Å². The zero-order valence-corrected chi connectivity index (χ0v) is 10.5. The fourth-order valence-electron chi connectivity index (χ4n) is 2.27. The summed E-state index contributed by atoms with van der Waals surface area (Å²) in [4.78, 5) is 0. The first kappa shape index (κ1) is 14.3. The zero-order chi connectivity index (χ0) is 13.9. The van der Waals surface area contributed by atoms with Crippen LogP contribution in [0.15, 0.2) is 24.3 Å². The first-order chi connectivity index (χ1) is 8.97. The molecule has 106 valence electrons. The average molecular weight is 274 g/mol. The summed E-state index contributed by atoms with van der Waals surface area (Å²) in [7, 11) is 0. The van der Waals surface area contributed by atoms with Crippen molar-refractivity contribution in [3.8, 4) is 0 Å². The van der Waals surface area contributed by atoms with Crippen molar-refractivity contribution in [1.82, 2.24) is 0 Å². The van der Waals surface area contributed by atoms with E-state index in [9.17, 15) is 18.3 Å². The monoisotopic (exact) mass is 274 g/mol. The summed E-state index contributed by atoms with van der Waals surface area (Å²) in [5.74, 6) is 0. The fourth-order valence-corrected chi connectivity index (χ4v) is 2.27. The molecular formula is C14H17F3O2. The summed E-state index contributed by atoms with van der Waals surface area (Å²) in [5, 5.41) is 10.0. The Morgan fingerprint density at radius 1 is 1.21 bits per heavy atom. The summed E-state index contributed by atoms with van der Waals surface area (Å²) in [6.07, 6.45) is -1.66. The van der Waals surface area contributed by atoms with Crippen molar-refractivity contribution in [3.63, 3.8) is 0 Å². The van der Waals surface area contributed by atoms with Crippen LogP contribution < -0.4 is 0 Å². The van der Waals surface area contributed by atoms with Gasteiger partial charge in [-0.1, -0.05) is 12.1 Å². The maximum atomic E-state index is 12.4. The van der Waals surface area contributed by atoms with Gasteiger partial charge in [0.05, 0.1) is 17.8 Å². The number of ether oxygens (including phenoxy) is 1. The van der Waals surface area contributed by atoms with Crippen LogP contribution in [0.25, 0.3) is 0 Å². The van der Waals surface area contributed by atoms with Gasteiger partial charge in [0.1, 0.15) is 0 Å². The molecule has 19 heavy (non-hydrogen) atoms. The fraction of sp³-hybridized carbons (Fsp3) is 0.571. The molecule has 1 saturated heterocycles. The van der Waals surface area contributed by atoms with E-state index in [1.807, 2.05) is 0 Å². The zero-order valence-electron chi connectivity index (χ0n) is 10.5. The first-order valence-electron chi connectivity index (χ1n) is 6.43. The summed E-state index contributed by atoms with van der Waals surface area (Å²) in [6, 6.07) is 4.66. The van der Waals surface area contributed by atoms with Crippen molar-refractivity contribution in [2.75, 3.05) is 6.61 Å². The van der Waals surface area contributed by atoms with Crippen LogP contribution >= 0.6 is 0 Å². The van der Waals surface area contributed by atoms with Gasteiger partial charge in [0.2, 0.25) is 0 Å². The van der Waals surface area contributed by atoms with Crippen molar-refractivity contribution in [2.24, 2.45) is 0 Å². The van der Waals surface area contributed by atoms with Crippen molar-refractivity contribution in [2.45, 2.75) is 44.1 Å². The predicted molar refractivity (Wildman–Crippen MR) is 64.6 cm³/mol. The van der Waals surface area contributed by atoms with Gasteiger partial charge >= 0.3 is 6.18 Å². The second-order valence-electron chi connectivity index (χ2n) is 4.86. The molecule has 0 amide bonds. The average Bonchev–Trinajstić information content (AvgIpc) is 2.39. The lowest BCUT2D eigenvalue weighted by atomic mass is 9.98. The van der Waals surface area contributed by atoms with Gasteiger partial charge in [0, 0.05) is 13.0 Å². The molecule has 2 atom stereocenters. The standard InChI is InChI=1S/C14H17F3O2/c15-14(16,17)11-6-4-10(5-7-11)13(18)9-12-3-1-2-8-19-12/h4-7,12-13,18H,1-3,8-9H2. The van der Waals surface area contributed by atoms with Crippen LogP contribution in [-0.2, 0) is 10.9 Å². The van der Waals surface area contributed by atoms with E-state index < -0.39 is 17.8 Å². The van der Waals surface area contributed by atoms with Gasteiger partial charge in [-0.15, -0.1) is 0 Å². The summed E-state index contributed by atoms with van der Waals surface area (Å²) in [6.45, 7) is 0.699. The Morgan fingerprint density at radius 2 is 1.89 bits per heavy atom. The quantitative estimate of drug-likeness (QED) is 0.910. The number of rotatable bonds is 3. The van der Waals surface area contributed by atoms with Crippen LogP contribution in [0.3, 0.4) is 0 Å². The molecule has 2 unspecified atom stereocenters. The third-order valence-electron chi connectivity index (χ3n) is 3.38. The number of halogens is 3. The van der Waals surface area contributed by atoms with Gasteiger partial charge in [-0.05, 0) is 37.0 Å². The lowest BCUT2D eigenvalue weighted by Gasteiger charge is -2.25. The normalized spacial score (nSPS) is 22.2. The molecule has 0 spiro atoms. The number of hydrogen-bond donors (Lipinski definition) is 1. The van der Waals surface area contributed by atoms with Gasteiger partial charge in [-0.25, -0.2) is 0 Å². The highest BCUT2D eigenvalue weighted by Crippen LogP contribution is 2.31. The highest BCUT2D eigenvalue weighted by atomic mass is 19.4. The lowest BCUT2D eigenvalue weighted by molar-refractivity contribution is -0.137. The van der Waals surface area contributed by atoms with E-state index in [-0.39, 0.29) is 6.10 Å². The van der Waals surface area contributed by atoms with Crippen LogP contribution in [0.4, 0.5) is 13.2 Å². The van der Waals surface area contributed by atoms with Crippen LogP contribution in [0, 0.1) is 0 Å². The van der Waals surface area contributed by atoms with Crippen LogP contribution in [0.1, 0.15) is 42.9 Å². The van der Waals surface area contributed by atoms with E-state index in [0.717, 1.165) is 31.4 Å². The first-order valence-corrected chi connectivity index (χ1v) is 6.43. The van der Waals surface area contributed by atoms with E-state index in [0.29, 0.717) is 18.6 Å². The van der Waals surface area contributed by atoms with Gasteiger partial charge in [0.15, 0.2) is 0 Å². The molecule has 1 aliphatic heterocycles. The molecule has 2 rings (SSSR count). The Balaban J connectivity index is 1.97. The third-order valence-corrected chi connectivity index (χ3v) is 3.38. The van der Waals surface area contributed by atoms with Crippen molar-refractivity contribution in [1.29, 1.82) is 0 Å². The van der Waals surface area contributed by atoms with Crippen molar-refractivity contribution >= 4 is 0 Å². The molecule has 0 saturated carbocycles. The van der Waals surface area contributed by atoms with E-state index in [4.69, 9.17) is 4.74 Å². The molecule has 0 aromatic heterocycles. The summed E-state index contributed by atoms with van der Waals surface area (Å²) in [5.41, 5.74) is -0.195. The predicted octanol–water partition coefficient (Wildman–Crippen LogP) is 3.70. The highest BCUT2D eigenvalue weighted by molar-refractivity contribution is 5.26. The van der Waals surface area contributed by atoms with E-state index in [2.05, 4.69) is 0 Å². The van der Waals surface area contributed by atoms with Crippen LogP contribution in [-0.4, -0.2) is 17.8 Å². The van der Waals surface area contributed by atoms with Gasteiger partial charge in [-0.2, -0.15) is 13.2 Å². The number of alkyl halides is 3. The molecule has 1 aromatic carbocycles. The largest absolute Gasteiger partial charge is 0.416 e. The molecule has 2 nitrogen and oxygen atoms in total. The Labute approximate surface area is 110 Å². The topological polar surface area (TPSA) is 29.5 Å². The molecule has 1 aliphatic rings. The minimum atomic E-state index is -4.34. The SMILES string of the molecule is OC(CC1CCCCO1)c1ccc(C(F)(F)F)cc1. The molecule has 5 heteroatoms. The molecule has 0 bridgehead atoms. The van der Waals surface area contributed by atoms with Gasteiger partial charge in [-0.3, -0.25) is 0 Å². The molecule has 1 heterocycles. The number of benzene rings is 1. The molecule has 0 aliphatic carbocycles. The molecule has 1 aromatic rings. The molecule has 1 N–H and O–H groups in total. The molecular weight excluding hydrogens is 257 g/mol. The number of hydrogen-bond acceptors (Lipinski definition) is 2. The Morgan fingerprint density at radius 3 is 2.42 bits per heavy atom. The minimum absolute atomic E-state index is 0.00560. The maximum Gasteiger partial charge on any atom is 0.416 e. The Bertz CT molecular complexity index is 394. The highest BCUT2D eigenvalue weighted by Gasteiger charge is 2.30.